The second-order valence-electron chi connectivity index (χ2n) is 10.9. The average Bonchev–Trinajstić information content (AvgIpc) is 2.96. The lowest BCUT2D eigenvalue weighted by Gasteiger charge is -2.28. The Morgan fingerprint density at radius 2 is 1.54 bits per heavy atom. The highest BCUT2D eigenvalue weighted by Gasteiger charge is 2.32. The Labute approximate surface area is 243 Å². The minimum Gasteiger partial charge on any atom is -0.497 e. The summed E-state index contributed by atoms with van der Waals surface area (Å²) in [5.74, 6) is 0.883. The summed E-state index contributed by atoms with van der Waals surface area (Å²) in [5, 5.41) is 19.8. The summed E-state index contributed by atoms with van der Waals surface area (Å²) in [4.78, 5) is 0. The molecule has 0 radical (unpaired) electrons. The highest BCUT2D eigenvalue weighted by atomic mass is 35.5. The Morgan fingerprint density at radius 1 is 0.872 bits per heavy atom. The van der Waals surface area contributed by atoms with Crippen molar-refractivity contribution in [2.24, 2.45) is 10.2 Å². The number of nitriles is 1. The maximum absolute atomic E-state index is 10.5. The van der Waals surface area contributed by atoms with E-state index in [0.717, 1.165) is 56.3 Å². The van der Waals surface area contributed by atoms with E-state index in [1.54, 1.807) is 14.2 Å². The number of halogens is 1. The Morgan fingerprint density at radius 3 is 2.18 bits per heavy atom. The standard InChI is InChI=1S/C34H50ClN3O/c1-4-5-6-7-8-9-10-11-12-13-24-34(28-36,30-18-15-19-31(35)27-30)25-16-20-32(38-37-2)23-22-29-17-14-21-33(26-29)39-3/h14-15,17-19,21,26-27,32H,4-13,16,20,22-25H2,1-3H3/b38-37+. The van der Waals surface area contributed by atoms with Crippen LogP contribution in [0.3, 0.4) is 0 Å². The van der Waals surface area contributed by atoms with Crippen LogP contribution in [-0.2, 0) is 11.8 Å². The Balaban J connectivity index is 1.92. The first-order valence-corrected chi connectivity index (χ1v) is 15.5. The molecule has 0 aromatic heterocycles. The number of nitrogens with zero attached hydrogens (tertiary/aromatic N) is 3. The molecular weight excluding hydrogens is 502 g/mol. The second kappa shape index (κ2) is 19.6. The van der Waals surface area contributed by atoms with Crippen molar-refractivity contribution < 1.29 is 4.74 Å². The molecule has 0 bridgehead atoms. The van der Waals surface area contributed by atoms with Gasteiger partial charge in [0.1, 0.15) is 5.75 Å². The van der Waals surface area contributed by atoms with E-state index in [2.05, 4.69) is 41.4 Å². The molecule has 0 fully saturated rings. The van der Waals surface area contributed by atoms with Gasteiger partial charge in [-0.3, -0.25) is 0 Å². The molecule has 2 aromatic carbocycles. The van der Waals surface area contributed by atoms with Gasteiger partial charge in [0.2, 0.25) is 0 Å². The molecule has 0 aliphatic rings. The molecule has 2 rings (SSSR count). The third-order valence-corrected chi connectivity index (χ3v) is 8.10. The van der Waals surface area contributed by atoms with Gasteiger partial charge in [-0.15, -0.1) is 0 Å². The van der Waals surface area contributed by atoms with Gasteiger partial charge in [-0.05, 0) is 73.9 Å². The fourth-order valence-electron chi connectivity index (χ4n) is 5.51. The van der Waals surface area contributed by atoms with E-state index in [1.165, 1.54) is 63.4 Å². The number of methoxy groups -OCH3 is 1. The van der Waals surface area contributed by atoms with Gasteiger partial charge >= 0.3 is 0 Å². The van der Waals surface area contributed by atoms with Gasteiger partial charge in [0.15, 0.2) is 0 Å². The molecule has 2 unspecified atom stereocenters. The number of ether oxygens (including phenoxy) is 1. The van der Waals surface area contributed by atoms with Gasteiger partial charge in [0, 0.05) is 12.1 Å². The van der Waals surface area contributed by atoms with Crippen LogP contribution in [0.15, 0.2) is 58.8 Å². The van der Waals surface area contributed by atoms with E-state index >= 15 is 0 Å². The second-order valence-corrected chi connectivity index (χ2v) is 11.3. The monoisotopic (exact) mass is 551 g/mol. The lowest BCUT2D eigenvalue weighted by atomic mass is 9.73. The third-order valence-electron chi connectivity index (χ3n) is 7.87. The molecule has 0 spiro atoms. The normalized spacial score (nSPS) is 13.7. The zero-order chi connectivity index (χ0) is 28.2. The Bertz CT molecular complexity index is 1000. The molecule has 2 atom stereocenters. The van der Waals surface area contributed by atoms with Crippen molar-refractivity contribution in [1.29, 1.82) is 5.26 Å². The van der Waals surface area contributed by atoms with Crippen molar-refractivity contribution in [3.63, 3.8) is 0 Å². The fourth-order valence-corrected chi connectivity index (χ4v) is 5.70. The van der Waals surface area contributed by atoms with Crippen LogP contribution in [0.5, 0.6) is 5.75 Å². The summed E-state index contributed by atoms with van der Waals surface area (Å²) in [6, 6.07) is 19.1. The molecule has 4 nitrogen and oxygen atoms in total. The smallest absolute Gasteiger partial charge is 0.119 e. The van der Waals surface area contributed by atoms with Crippen LogP contribution in [0.25, 0.3) is 0 Å². The molecule has 0 aliphatic heterocycles. The minimum absolute atomic E-state index is 0.147. The van der Waals surface area contributed by atoms with E-state index in [-0.39, 0.29) is 6.04 Å². The van der Waals surface area contributed by atoms with Gasteiger partial charge in [-0.2, -0.15) is 15.5 Å². The van der Waals surface area contributed by atoms with E-state index in [4.69, 9.17) is 16.3 Å². The summed E-state index contributed by atoms with van der Waals surface area (Å²) in [6.07, 6.45) is 18.3. The van der Waals surface area contributed by atoms with Gasteiger partial charge in [-0.25, -0.2) is 0 Å². The summed E-state index contributed by atoms with van der Waals surface area (Å²) in [7, 11) is 3.44. The summed E-state index contributed by atoms with van der Waals surface area (Å²) < 4.78 is 5.37. The lowest BCUT2D eigenvalue weighted by Crippen LogP contribution is -2.25. The van der Waals surface area contributed by atoms with Crippen LogP contribution in [0, 0.1) is 11.3 Å². The van der Waals surface area contributed by atoms with Crippen molar-refractivity contribution in [1.82, 2.24) is 0 Å². The lowest BCUT2D eigenvalue weighted by molar-refractivity contribution is 0.399. The minimum atomic E-state index is -0.508. The van der Waals surface area contributed by atoms with Crippen LogP contribution in [0.2, 0.25) is 5.02 Å². The number of aryl methyl sites for hydroxylation is 1. The zero-order valence-corrected chi connectivity index (χ0v) is 25.4. The van der Waals surface area contributed by atoms with Gasteiger partial charge in [-0.1, -0.05) is 107 Å². The number of benzene rings is 2. The predicted molar refractivity (Wildman–Crippen MR) is 165 cm³/mol. The van der Waals surface area contributed by atoms with Gasteiger partial charge < -0.3 is 4.74 Å². The van der Waals surface area contributed by atoms with E-state index in [0.29, 0.717) is 5.02 Å². The van der Waals surface area contributed by atoms with Crippen LogP contribution in [0.4, 0.5) is 0 Å². The van der Waals surface area contributed by atoms with Crippen molar-refractivity contribution in [3.05, 3.63) is 64.7 Å². The molecule has 0 saturated carbocycles. The maximum atomic E-state index is 10.5. The fraction of sp³-hybridized carbons (Fsp3) is 0.618. The van der Waals surface area contributed by atoms with E-state index in [1.807, 2.05) is 30.3 Å². The number of rotatable bonds is 21. The molecule has 0 amide bonds. The SMILES string of the molecule is CCCCCCCCCCCCC(C#N)(CCCC(CCc1cccc(OC)c1)/N=N/C)c1cccc(Cl)c1. The Hall–Kier alpha value is -2.38. The first-order valence-electron chi connectivity index (χ1n) is 15.2. The number of unbranched alkanes of at least 4 members (excludes halogenated alkanes) is 9. The quantitative estimate of drug-likeness (QED) is 0.114. The maximum Gasteiger partial charge on any atom is 0.119 e. The van der Waals surface area contributed by atoms with Crippen molar-refractivity contribution in [3.8, 4) is 11.8 Å². The summed E-state index contributed by atoms with van der Waals surface area (Å²) in [6.45, 7) is 2.27. The van der Waals surface area contributed by atoms with E-state index in [9.17, 15) is 5.26 Å². The van der Waals surface area contributed by atoms with Crippen molar-refractivity contribution in [2.75, 3.05) is 14.2 Å². The van der Waals surface area contributed by atoms with Crippen LogP contribution >= 0.6 is 11.6 Å². The topological polar surface area (TPSA) is 57.7 Å². The first kappa shape index (κ1) is 32.8. The zero-order valence-electron chi connectivity index (χ0n) is 24.6. The summed E-state index contributed by atoms with van der Waals surface area (Å²) >= 11 is 6.37. The van der Waals surface area contributed by atoms with Crippen molar-refractivity contribution >= 4 is 11.6 Å². The molecule has 5 heteroatoms. The molecule has 2 aromatic rings. The first-order chi connectivity index (χ1) is 19.1. The van der Waals surface area contributed by atoms with Gasteiger partial charge in [0.05, 0.1) is 24.6 Å². The molecule has 0 aliphatic carbocycles. The highest BCUT2D eigenvalue weighted by molar-refractivity contribution is 6.30. The third kappa shape index (κ3) is 12.6. The predicted octanol–water partition coefficient (Wildman–Crippen LogP) is 10.7. The highest BCUT2D eigenvalue weighted by Crippen LogP contribution is 2.37. The number of azo groups is 1. The molecule has 0 saturated heterocycles. The van der Waals surface area contributed by atoms with Crippen LogP contribution in [0.1, 0.15) is 114 Å². The Kier molecular flexibility index (Phi) is 16.5. The molecule has 0 heterocycles. The summed E-state index contributed by atoms with van der Waals surface area (Å²) in [5.41, 5.74) is 1.79. The average molecular weight is 552 g/mol. The largest absolute Gasteiger partial charge is 0.497 e. The van der Waals surface area contributed by atoms with Crippen LogP contribution in [-0.4, -0.2) is 20.2 Å². The molecule has 39 heavy (non-hydrogen) atoms. The van der Waals surface area contributed by atoms with Crippen molar-refractivity contribution in [2.45, 2.75) is 121 Å². The van der Waals surface area contributed by atoms with Gasteiger partial charge in [0.25, 0.3) is 0 Å². The van der Waals surface area contributed by atoms with E-state index < -0.39 is 5.41 Å². The molecule has 0 N–H and O–H groups in total. The molecular formula is C34H50ClN3O. The van der Waals surface area contributed by atoms with Crippen LogP contribution < -0.4 is 4.74 Å². The molecule has 214 valence electrons. The number of hydrogen-bond acceptors (Lipinski definition) is 4. The number of hydrogen-bond donors (Lipinski definition) is 0.